The molecule has 0 saturated carbocycles. The Bertz CT molecular complexity index is 334. The highest BCUT2D eigenvalue weighted by Gasteiger charge is 2.05. The maximum Gasteiger partial charge on any atom is 0.151 e. The van der Waals surface area contributed by atoms with Gasteiger partial charge in [0.15, 0.2) is 6.29 Å². The van der Waals surface area contributed by atoms with E-state index in [-0.39, 0.29) is 5.75 Å². The van der Waals surface area contributed by atoms with Crippen molar-refractivity contribution in [2.24, 2.45) is 0 Å². The van der Waals surface area contributed by atoms with E-state index >= 15 is 0 Å². The minimum atomic E-state index is -0.139. The summed E-state index contributed by atoms with van der Waals surface area (Å²) < 4.78 is 1.11. The van der Waals surface area contributed by atoms with Crippen LogP contribution in [0.2, 0.25) is 0 Å². The van der Waals surface area contributed by atoms with Crippen molar-refractivity contribution in [1.29, 1.82) is 0 Å². The predicted octanol–water partition coefficient (Wildman–Crippen LogP) is 2.41. The van der Waals surface area contributed by atoms with E-state index in [0.717, 1.165) is 0 Å². The van der Waals surface area contributed by atoms with Crippen LogP contribution >= 0.6 is 31.9 Å². The highest BCUT2D eigenvalue weighted by atomic mass is 79.9. The first-order valence-corrected chi connectivity index (χ1v) is 4.77. The van der Waals surface area contributed by atoms with Crippen molar-refractivity contribution in [3.05, 3.63) is 26.1 Å². The van der Waals surface area contributed by atoms with E-state index in [1.165, 1.54) is 0 Å². The molecular formula is C8H5Br2O2-. The standard InChI is InChI=1S/C8H6Br2O2/c1-4-5(3-11)6(9)2-7(10)8(4)12/h2-3,12H,1H3/p-1. The van der Waals surface area contributed by atoms with Gasteiger partial charge in [-0.3, -0.25) is 4.79 Å². The van der Waals surface area contributed by atoms with Gasteiger partial charge in [-0.2, -0.15) is 0 Å². The van der Waals surface area contributed by atoms with Crippen LogP contribution in [0, 0.1) is 6.92 Å². The molecule has 0 spiro atoms. The fourth-order valence-corrected chi connectivity index (χ4v) is 2.33. The lowest BCUT2D eigenvalue weighted by Gasteiger charge is -2.15. The number of aldehydes is 1. The summed E-state index contributed by atoms with van der Waals surface area (Å²) in [4.78, 5) is 10.5. The molecule has 12 heavy (non-hydrogen) atoms. The van der Waals surface area contributed by atoms with Crippen LogP contribution in [0.4, 0.5) is 0 Å². The van der Waals surface area contributed by atoms with Crippen LogP contribution in [-0.4, -0.2) is 6.29 Å². The molecule has 0 radical (unpaired) electrons. The lowest BCUT2D eigenvalue weighted by atomic mass is 10.1. The first kappa shape index (κ1) is 9.74. The number of hydrogen-bond acceptors (Lipinski definition) is 2. The Balaban J connectivity index is 3.51. The Kier molecular flexibility index (Phi) is 2.90. The number of benzene rings is 1. The molecule has 0 N–H and O–H groups in total. The SMILES string of the molecule is Cc1c([O-])c(Br)cc(Br)c1C=O. The molecule has 0 aliphatic heterocycles. The van der Waals surface area contributed by atoms with E-state index in [4.69, 9.17) is 0 Å². The van der Waals surface area contributed by atoms with Crippen molar-refractivity contribution in [3.8, 4) is 5.75 Å². The number of carbonyl (C=O) groups is 1. The van der Waals surface area contributed by atoms with E-state index in [1.807, 2.05) is 0 Å². The summed E-state index contributed by atoms with van der Waals surface area (Å²) >= 11 is 6.29. The predicted molar refractivity (Wildman–Crippen MR) is 51.4 cm³/mol. The Morgan fingerprint density at radius 2 is 2.00 bits per heavy atom. The largest absolute Gasteiger partial charge is 0.871 e. The fraction of sp³-hybridized carbons (Fsp3) is 0.125. The van der Waals surface area contributed by atoms with Gasteiger partial charge in [0.2, 0.25) is 0 Å². The monoisotopic (exact) mass is 291 g/mol. The molecule has 0 fully saturated rings. The summed E-state index contributed by atoms with van der Waals surface area (Å²) in [6, 6.07) is 1.58. The average Bonchev–Trinajstić information content (AvgIpc) is 2.01. The van der Waals surface area contributed by atoms with E-state index in [1.54, 1.807) is 13.0 Å². The van der Waals surface area contributed by atoms with Crippen LogP contribution in [0.1, 0.15) is 15.9 Å². The summed E-state index contributed by atoms with van der Waals surface area (Å²) in [5, 5.41) is 11.3. The molecule has 0 bridgehead atoms. The lowest BCUT2D eigenvalue weighted by molar-refractivity contribution is -0.270. The van der Waals surface area contributed by atoms with Crippen LogP contribution in [0.5, 0.6) is 5.75 Å². The highest BCUT2D eigenvalue weighted by Crippen LogP contribution is 2.32. The van der Waals surface area contributed by atoms with Crippen molar-refractivity contribution in [2.75, 3.05) is 0 Å². The maximum absolute atomic E-state index is 11.3. The van der Waals surface area contributed by atoms with Gasteiger partial charge in [-0.25, -0.2) is 0 Å². The number of rotatable bonds is 1. The van der Waals surface area contributed by atoms with Crippen molar-refractivity contribution < 1.29 is 9.90 Å². The van der Waals surface area contributed by atoms with Crippen LogP contribution in [0.15, 0.2) is 15.0 Å². The molecule has 0 aliphatic carbocycles. The molecule has 2 nitrogen and oxygen atoms in total. The zero-order valence-electron chi connectivity index (χ0n) is 6.23. The molecule has 0 amide bonds. The molecule has 0 atom stereocenters. The number of carbonyl (C=O) groups excluding carboxylic acids is 1. The molecule has 1 aromatic rings. The van der Waals surface area contributed by atoms with E-state index in [9.17, 15) is 9.90 Å². The molecule has 0 aromatic heterocycles. The molecule has 1 rings (SSSR count). The molecule has 0 aliphatic rings. The molecular weight excluding hydrogens is 288 g/mol. The van der Waals surface area contributed by atoms with Crippen molar-refractivity contribution in [2.45, 2.75) is 6.92 Å². The molecule has 4 heteroatoms. The van der Waals surface area contributed by atoms with Gasteiger partial charge in [-0.15, -0.1) is 0 Å². The van der Waals surface area contributed by atoms with Gasteiger partial charge in [0.25, 0.3) is 0 Å². The molecule has 0 unspecified atom stereocenters. The number of halogens is 2. The Morgan fingerprint density at radius 3 is 2.50 bits per heavy atom. The maximum atomic E-state index is 11.3. The summed E-state index contributed by atoms with van der Waals surface area (Å²) in [6.45, 7) is 1.63. The van der Waals surface area contributed by atoms with Crippen molar-refractivity contribution >= 4 is 38.1 Å². The van der Waals surface area contributed by atoms with Crippen molar-refractivity contribution in [1.82, 2.24) is 0 Å². The van der Waals surface area contributed by atoms with E-state index in [2.05, 4.69) is 31.9 Å². The van der Waals surface area contributed by atoms with E-state index in [0.29, 0.717) is 26.4 Å². The normalized spacial score (nSPS) is 9.92. The van der Waals surface area contributed by atoms with Gasteiger partial charge in [0, 0.05) is 14.5 Å². The van der Waals surface area contributed by atoms with Gasteiger partial charge in [-0.05, 0) is 18.6 Å². The second-order valence-corrected chi connectivity index (χ2v) is 4.03. The lowest BCUT2D eigenvalue weighted by Crippen LogP contribution is -1.99. The van der Waals surface area contributed by atoms with Crippen LogP contribution < -0.4 is 5.11 Å². The highest BCUT2D eigenvalue weighted by molar-refractivity contribution is 9.11. The molecule has 0 saturated heterocycles. The Morgan fingerprint density at radius 1 is 1.42 bits per heavy atom. The number of hydrogen-bond donors (Lipinski definition) is 0. The van der Waals surface area contributed by atoms with Crippen LogP contribution in [-0.2, 0) is 0 Å². The third kappa shape index (κ3) is 1.54. The second kappa shape index (κ2) is 3.58. The summed E-state index contributed by atoms with van der Waals surface area (Å²) in [5.41, 5.74) is 0.884. The van der Waals surface area contributed by atoms with E-state index < -0.39 is 0 Å². The van der Waals surface area contributed by atoms with Crippen LogP contribution in [0.3, 0.4) is 0 Å². The second-order valence-electron chi connectivity index (χ2n) is 2.33. The molecule has 0 heterocycles. The minimum Gasteiger partial charge on any atom is -0.871 e. The Hall–Kier alpha value is -0.350. The molecule has 1 aromatic carbocycles. The molecule has 64 valence electrons. The van der Waals surface area contributed by atoms with Gasteiger partial charge in [0.1, 0.15) is 0 Å². The van der Waals surface area contributed by atoms with Gasteiger partial charge in [-0.1, -0.05) is 37.6 Å². The first-order chi connectivity index (χ1) is 5.57. The topological polar surface area (TPSA) is 40.1 Å². The zero-order valence-corrected chi connectivity index (χ0v) is 9.40. The summed E-state index contributed by atoms with van der Waals surface area (Å²) in [5.74, 6) is -0.139. The van der Waals surface area contributed by atoms with Gasteiger partial charge < -0.3 is 5.11 Å². The average molecular weight is 293 g/mol. The Labute approximate surface area is 86.9 Å². The third-order valence-electron chi connectivity index (χ3n) is 1.59. The summed E-state index contributed by atoms with van der Waals surface area (Å²) in [6.07, 6.45) is 0.674. The third-order valence-corrected chi connectivity index (χ3v) is 2.84. The smallest absolute Gasteiger partial charge is 0.151 e. The first-order valence-electron chi connectivity index (χ1n) is 3.18. The minimum absolute atomic E-state index is 0.139. The summed E-state index contributed by atoms with van der Waals surface area (Å²) in [7, 11) is 0. The van der Waals surface area contributed by atoms with Crippen LogP contribution in [0.25, 0.3) is 0 Å². The quantitative estimate of drug-likeness (QED) is 0.746. The van der Waals surface area contributed by atoms with Gasteiger partial charge >= 0.3 is 0 Å². The van der Waals surface area contributed by atoms with Crippen molar-refractivity contribution in [3.63, 3.8) is 0 Å². The zero-order chi connectivity index (χ0) is 9.30. The van der Waals surface area contributed by atoms with Gasteiger partial charge in [0.05, 0.1) is 0 Å². The fourth-order valence-electron chi connectivity index (χ4n) is 0.880.